The van der Waals surface area contributed by atoms with E-state index in [0.717, 1.165) is 19.3 Å². The molecule has 0 aromatic carbocycles. The van der Waals surface area contributed by atoms with E-state index in [4.69, 9.17) is 14.2 Å². The van der Waals surface area contributed by atoms with Crippen molar-refractivity contribution >= 4 is 11.9 Å². The Morgan fingerprint density at radius 1 is 0.900 bits per heavy atom. The summed E-state index contributed by atoms with van der Waals surface area (Å²) in [5.41, 5.74) is 1.91. The van der Waals surface area contributed by atoms with Gasteiger partial charge in [0.1, 0.15) is 0 Å². The van der Waals surface area contributed by atoms with E-state index in [2.05, 4.69) is 0 Å². The normalized spacial score (nSPS) is 18.7. The molecular weight excluding hydrogens is 260 g/mol. The average molecular weight is 278 g/mol. The minimum atomic E-state index is -0.532. The highest BCUT2D eigenvalue weighted by Crippen LogP contribution is 2.33. The Kier molecular flexibility index (Phi) is 4.61. The molecule has 0 atom stereocenters. The third-order valence-electron chi connectivity index (χ3n) is 3.48. The molecular formula is C15H18O5. The van der Waals surface area contributed by atoms with Gasteiger partial charge in [0.05, 0.1) is 37.9 Å². The molecule has 0 radical (unpaired) electrons. The first-order valence-corrected chi connectivity index (χ1v) is 6.64. The second kappa shape index (κ2) is 6.41. The Labute approximate surface area is 117 Å². The Morgan fingerprint density at radius 3 is 1.75 bits per heavy atom. The SMILES string of the molecule is COC(=O)C1=C(C(=O)OC)C2=COC=C1CCCCC2. The van der Waals surface area contributed by atoms with Crippen molar-refractivity contribution in [3.05, 3.63) is 34.8 Å². The average Bonchev–Trinajstić information content (AvgIpc) is 2.60. The molecule has 1 heterocycles. The van der Waals surface area contributed by atoms with Crippen molar-refractivity contribution in [3.8, 4) is 0 Å². The van der Waals surface area contributed by atoms with Crippen LogP contribution >= 0.6 is 0 Å². The monoisotopic (exact) mass is 278 g/mol. The zero-order valence-electron chi connectivity index (χ0n) is 11.7. The van der Waals surface area contributed by atoms with Crippen LogP contribution in [-0.4, -0.2) is 26.2 Å². The van der Waals surface area contributed by atoms with Gasteiger partial charge in [-0.3, -0.25) is 0 Å². The molecule has 0 spiro atoms. The van der Waals surface area contributed by atoms with E-state index in [1.54, 1.807) is 0 Å². The first-order valence-electron chi connectivity index (χ1n) is 6.64. The fourth-order valence-electron chi connectivity index (χ4n) is 2.48. The zero-order chi connectivity index (χ0) is 14.5. The quantitative estimate of drug-likeness (QED) is 0.726. The Bertz CT molecular complexity index is 466. The van der Waals surface area contributed by atoms with Crippen molar-refractivity contribution < 1.29 is 23.8 Å². The number of ether oxygens (including phenoxy) is 3. The van der Waals surface area contributed by atoms with Crippen LogP contribution in [0.25, 0.3) is 0 Å². The first-order chi connectivity index (χ1) is 9.69. The van der Waals surface area contributed by atoms with Crippen LogP contribution in [-0.2, 0) is 23.8 Å². The number of methoxy groups -OCH3 is 2. The molecule has 0 saturated heterocycles. The highest BCUT2D eigenvalue weighted by molar-refractivity contribution is 6.06. The lowest BCUT2D eigenvalue weighted by atomic mass is 9.93. The Balaban J connectivity index is 2.63. The molecule has 0 saturated carbocycles. The van der Waals surface area contributed by atoms with Gasteiger partial charge in [-0.1, -0.05) is 6.42 Å². The number of hydrogen-bond donors (Lipinski definition) is 0. The van der Waals surface area contributed by atoms with Crippen molar-refractivity contribution in [2.45, 2.75) is 32.1 Å². The Hall–Kier alpha value is -2.04. The second-order valence-electron chi connectivity index (χ2n) is 4.72. The zero-order valence-corrected chi connectivity index (χ0v) is 11.7. The minimum Gasteiger partial charge on any atom is -0.472 e. The topological polar surface area (TPSA) is 61.8 Å². The minimum absolute atomic E-state index is 0.269. The molecule has 2 rings (SSSR count). The number of rotatable bonds is 2. The van der Waals surface area contributed by atoms with E-state index in [1.807, 2.05) is 0 Å². The molecule has 1 aliphatic heterocycles. The van der Waals surface area contributed by atoms with Crippen LogP contribution in [0.2, 0.25) is 0 Å². The van der Waals surface area contributed by atoms with Crippen LogP contribution in [0, 0.1) is 0 Å². The summed E-state index contributed by atoms with van der Waals surface area (Å²) in [4.78, 5) is 24.2. The fraction of sp³-hybridized carbons (Fsp3) is 0.467. The van der Waals surface area contributed by atoms with Crippen LogP contribution in [0.5, 0.6) is 0 Å². The van der Waals surface area contributed by atoms with Crippen molar-refractivity contribution in [3.63, 3.8) is 0 Å². The van der Waals surface area contributed by atoms with Crippen LogP contribution in [0.15, 0.2) is 34.8 Å². The summed E-state index contributed by atoms with van der Waals surface area (Å²) in [5, 5.41) is 0. The fourth-order valence-corrected chi connectivity index (χ4v) is 2.48. The summed E-state index contributed by atoms with van der Waals surface area (Å²) in [6, 6.07) is 0. The number of esters is 2. The third kappa shape index (κ3) is 2.76. The number of fused-ring (bicyclic) bond motifs is 2. The third-order valence-corrected chi connectivity index (χ3v) is 3.48. The summed E-state index contributed by atoms with van der Waals surface area (Å²) in [5.74, 6) is -1.06. The number of carbonyl (C=O) groups excluding carboxylic acids is 2. The van der Waals surface area contributed by atoms with Gasteiger partial charge in [-0.15, -0.1) is 0 Å². The van der Waals surface area contributed by atoms with Crippen LogP contribution in [0.3, 0.4) is 0 Å². The molecule has 108 valence electrons. The van der Waals surface area contributed by atoms with Crippen LogP contribution in [0.4, 0.5) is 0 Å². The van der Waals surface area contributed by atoms with Gasteiger partial charge >= 0.3 is 11.9 Å². The maximum absolute atomic E-state index is 12.1. The summed E-state index contributed by atoms with van der Waals surface area (Å²) < 4.78 is 15.0. The largest absolute Gasteiger partial charge is 0.472 e. The van der Waals surface area contributed by atoms with E-state index in [1.165, 1.54) is 26.7 Å². The summed E-state index contributed by atoms with van der Waals surface area (Å²) in [6.07, 6.45) is 7.31. The van der Waals surface area contributed by atoms with Gasteiger partial charge < -0.3 is 14.2 Å². The molecule has 0 amide bonds. The van der Waals surface area contributed by atoms with Gasteiger partial charge in [0.25, 0.3) is 0 Å². The summed E-state index contributed by atoms with van der Waals surface area (Å²) in [7, 11) is 2.60. The van der Waals surface area contributed by atoms with Crippen molar-refractivity contribution in [2.75, 3.05) is 14.2 Å². The molecule has 0 unspecified atom stereocenters. The first kappa shape index (κ1) is 14.4. The molecule has 5 heteroatoms. The lowest BCUT2D eigenvalue weighted by molar-refractivity contribution is -0.139. The summed E-state index contributed by atoms with van der Waals surface area (Å²) in [6.45, 7) is 0. The predicted octanol–water partition coefficient (Wildman–Crippen LogP) is 2.39. The Morgan fingerprint density at radius 2 is 1.35 bits per heavy atom. The van der Waals surface area contributed by atoms with Gasteiger partial charge in [-0.25, -0.2) is 9.59 Å². The number of carbonyl (C=O) groups is 2. The van der Waals surface area contributed by atoms with Gasteiger partial charge in [0.2, 0.25) is 0 Å². The van der Waals surface area contributed by atoms with E-state index >= 15 is 0 Å². The smallest absolute Gasteiger partial charge is 0.339 e. The molecule has 5 nitrogen and oxygen atoms in total. The van der Waals surface area contributed by atoms with E-state index in [-0.39, 0.29) is 11.1 Å². The van der Waals surface area contributed by atoms with Crippen LogP contribution < -0.4 is 0 Å². The number of hydrogen-bond acceptors (Lipinski definition) is 5. The van der Waals surface area contributed by atoms with Gasteiger partial charge in [0, 0.05) is 11.1 Å². The molecule has 20 heavy (non-hydrogen) atoms. The van der Waals surface area contributed by atoms with Crippen molar-refractivity contribution in [1.29, 1.82) is 0 Å². The standard InChI is InChI=1S/C15H18O5/c1-18-14(16)12-10-6-4-3-5-7-11(9-20-8-10)13(12)15(17)19-2/h8-9H,3-7H2,1-2H3. The molecule has 0 aromatic rings. The van der Waals surface area contributed by atoms with Gasteiger partial charge in [-0.2, -0.15) is 0 Å². The van der Waals surface area contributed by atoms with Crippen molar-refractivity contribution in [1.82, 2.24) is 0 Å². The summed E-state index contributed by atoms with van der Waals surface area (Å²) >= 11 is 0. The maximum atomic E-state index is 12.1. The lowest BCUT2D eigenvalue weighted by Crippen LogP contribution is -2.17. The van der Waals surface area contributed by atoms with E-state index in [0.29, 0.717) is 24.0 Å². The van der Waals surface area contributed by atoms with Crippen molar-refractivity contribution in [2.24, 2.45) is 0 Å². The molecule has 2 aliphatic rings. The lowest BCUT2D eigenvalue weighted by Gasteiger charge is -2.13. The highest BCUT2D eigenvalue weighted by atomic mass is 16.5. The van der Waals surface area contributed by atoms with Crippen LogP contribution in [0.1, 0.15) is 32.1 Å². The van der Waals surface area contributed by atoms with Gasteiger partial charge in [0.15, 0.2) is 0 Å². The molecule has 2 bridgehead atoms. The van der Waals surface area contributed by atoms with E-state index in [9.17, 15) is 9.59 Å². The molecule has 0 aromatic heterocycles. The van der Waals surface area contributed by atoms with E-state index < -0.39 is 11.9 Å². The van der Waals surface area contributed by atoms with Gasteiger partial charge in [-0.05, 0) is 25.7 Å². The maximum Gasteiger partial charge on any atom is 0.339 e. The molecule has 1 aliphatic carbocycles. The molecule has 0 fully saturated rings. The highest BCUT2D eigenvalue weighted by Gasteiger charge is 2.30. The second-order valence-corrected chi connectivity index (χ2v) is 4.72. The predicted molar refractivity (Wildman–Crippen MR) is 71.4 cm³/mol. The molecule has 0 N–H and O–H groups in total.